The number of aliphatic hydroxyl groups excluding tert-OH is 1. The van der Waals surface area contributed by atoms with Crippen LogP contribution >= 0.6 is 34.7 Å². The number of thioether (sulfide) groups is 1. The Hall–Kier alpha value is -5.08. The third kappa shape index (κ3) is 12.4. The van der Waals surface area contributed by atoms with E-state index in [0.29, 0.717) is 58.7 Å². The van der Waals surface area contributed by atoms with Crippen molar-refractivity contribution in [1.29, 1.82) is 0 Å². The highest BCUT2D eigenvalue weighted by Crippen LogP contribution is 2.42. The third-order valence-corrected chi connectivity index (χ3v) is 17.4. The van der Waals surface area contributed by atoms with E-state index in [2.05, 4.69) is 47.2 Å². The Morgan fingerprint density at radius 3 is 2.42 bits per heavy atom. The Morgan fingerprint density at radius 1 is 1.03 bits per heavy atom. The number of benzene rings is 2. The average molecular weight is 1030 g/mol. The third-order valence-electron chi connectivity index (χ3n) is 14.5. The number of ether oxygens (including phenoxy) is 1. The molecule has 2 aliphatic carbocycles. The molecular formula is C51H66ClFN10O6S2. The van der Waals surface area contributed by atoms with E-state index in [1.165, 1.54) is 11.1 Å². The van der Waals surface area contributed by atoms with E-state index in [4.69, 9.17) is 16.3 Å². The van der Waals surface area contributed by atoms with Crippen LogP contribution in [0.25, 0.3) is 10.4 Å². The summed E-state index contributed by atoms with van der Waals surface area (Å²) in [7, 11) is 3.28. The zero-order valence-electron chi connectivity index (χ0n) is 41.4. The van der Waals surface area contributed by atoms with Crippen LogP contribution in [0.5, 0.6) is 5.75 Å². The van der Waals surface area contributed by atoms with Gasteiger partial charge in [-0.15, -0.1) is 11.3 Å². The van der Waals surface area contributed by atoms with Gasteiger partial charge in [-0.05, 0) is 119 Å². The first-order valence-corrected chi connectivity index (χ1v) is 26.8. The minimum absolute atomic E-state index is 0.0504. The van der Waals surface area contributed by atoms with E-state index >= 15 is 4.39 Å². The Balaban J connectivity index is 0.814. The maximum absolute atomic E-state index is 15.2. The molecule has 4 amide bonds. The quantitative estimate of drug-likeness (QED) is 0.0685. The molecule has 2 saturated heterocycles. The lowest BCUT2D eigenvalue weighted by Crippen LogP contribution is -2.61. The first-order valence-electron chi connectivity index (χ1n) is 24.5. The fourth-order valence-corrected chi connectivity index (χ4v) is 12.2. The molecule has 3 atom stereocenters. The minimum atomic E-state index is -2.00. The second-order valence-electron chi connectivity index (χ2n) is 20.0. The van der Waals surface area contributed by atoms with Crippen LogP contribution in [0.3, 0.4) is 0 Å². The van der Waals surface area contributed by atoms with Gasteiger partial charge in [0.1, 0.15) is 28.7 Å². The van der Waals surface area contributed by atoms with E-state index in [9.17, 15) is 24.3 Å². The summed E-state index contributed by atoms with van der Waals surface area (Å²) in [6.45, 7) is 11.7. The number of aryl methyl sites for hydroxylation is 2. The molecule has 0 bridgehead atoms. The summed E-state index contributed by atoms with van der Waals surface area (Å²) >= 11 is 9.31. The molecule has 382 valence electrons. The van der Waals surface area contributed by atoms with E-state index in [1.54, 1.807) is 55.5 Å². The van der Waals surface area contributed by atoms with Crippen LogP contribution in [0.1, 0.15) is 86.0 Å². The number of alkyl halides is 1. The highest BCUT2D eigenvalue weighted by molar-refractivity contribution is 8.00. The van der Waals surface area contributed by atoms with Crippen molar-refractivity contribution in [3.8, 4) is 16.2 Å². The maximum Gasteiger partial charge on any atom is 0.258 e. The van der Waals surface area contributed by atoms with Gasteiger partial charge in [-0.3, -0.25) is 24.1 Å². The summed E-state index contributed by atoms with van der Waals surface area (Å²) in [5.74, 6) is 1.24. The Kier molecular flexibility index (Phi) is 16.5. The summed E-state index contributed by atoms with van der Waals surface area (Å²) in [6, 6.07) is 9.28. The lowest BCUT2D eigenvalue weighted by atomic mass is 9.82. The van der Waals surface area contributed by atoms with Gasteiger partial charge in [0.25, 0.3) is 11.8 Å². The number of amides is 4. The number of carbonyl (C=O) groups is 4. The van der Waals surface area contributed by atoms with Crippen LogP contribution in [0.2, 0.25) is 5.02 Å². The lowest BCUT2D eigenvalue weighted by Gasteiger charge is -2.40. The number of aliphatic hydroxyl groups is 1. The van der Waals surface area contributed by atoms with Crippen molar-refractivity contribution >= 4 is 75.8 Å². The topological polar surface area (TPSA) is 194 Å². The van der Waals surface area contributed by atoms with Crippen LogP contribution in [0.15, 0.2) is 48.1 Å². The van der Waals surface area contributed by atoms with Crippen molar-refractivity contribution in [3.05, 3.63) is 75.5 Å². The number of halogens is 2. The second-order valence-corrected chi connectivity index (χ2v) is 22.9. The number of methoxy groups -OCH3 is 1. The molecule has 0 spiro atoms. The van der Waals surface area contributed by atoms with E-state index in [0.717, 1.165) is 78.3 Å². The number of nitrogens with zero attached hydrogens (tertiary/aromatic N) is 6. The smallest absolute Gasteiger partial charge is 0.258 e. The highest BCUT2D eigenvalue weighted by atomic mass is 35.5. The zero-order chi connectivity index (χ0) is 50.6. The van der Waals surface area contributed by atoms with Crippen molar-refractivity contribution < 1.29 is 33.4 Å². The van der Waals surface area contributed by atoms with Gasteiger partial charge in [-0.25, -0.2) is 14.4 Å². The zero-order valence-corrected chi connectivity index (χ0v) is 43.7. The van der Waals surface area contributed by atoms with Gasteiger partial charge < -0.3 is 40.9 Å². The predicted octanol–water partition coefficient (Wildman–Crippen LogP) is 7.01. The second kappa shape index (κ2) is 22.4. The van der Waals surface area contributed by atoms with Gasteiger partial charge in [0.15, 0.2) is 5.67 Å². The monoisotopic (exact) mass is 1030 g/mol. The van der Waals surface area contributed by atoms with Crippen LogP contribution in [0, 0.1) is 25.7 Å². The number of rotatable bonds is 18. The van der Waals surface area contributed by atoms with Crippen LogP contribution in [0.4, 0.5) is 21.8 Å². The molecule has 5 N–H and O–H groups in total. The molecule has 2 aromatic heterocycles. The largest absolute Gasteiger partial charge is 0.495 e. The molecule has 2 aromatic carbocycles. The van der Waals surface area contributed by atoms with Crippen molar-refractivity contribution in [1.82, 2.24) is 40.3 Å². The summed E-state index contributed by atoms with van der Waals surface area (Å²) in [6.07, 6.45) is 5.00. The van der Waals surface area contributed by atoms with E-state index in [1.807, 2.05) is 50.2 Å². The first kappa shape index (κ1) is 52.2. The number of nitrogens with one attached hydrogen (secondary N) is 4. The van der Waals surface area contributed by atoms with E-state index in [-0.39, 0.29) is 38.3 Å². The Bertz CT molecular complexity index is 2580. The van der Waals surface area contributed by atoms with Crippen molar-refractivity contribution in [2.45, 2.75) is 108 Å². The number of β-amino-alcohol motifs (C(OH)–C–C–N with tert-alkyl or cyclic N) is 1. The average Bonchev–Trinajstić information content (AvgIpc) is 3.77. The number of piperazine rings is 1. The normalized spacial score (nSPS) is 21.6. The van der Waals surface area contributed by atoms with Crippen molar-refractivity contribution in [3.63, 3.8) is 0 Å². The number of aromatic nitrogens is 3. The van der Waals surface area contributed by atoms with Crippen LogP contribution in [-0.4, -0.2) is 146 Å². The molecule has 4 fully saturated rings. The summed E-state index contributed by atoms with van der Waals surface area (Å²) < 4.78 is 20.0. The molecule has 20 heteroatoms. The van der Waals surface area contributed by atoms with Crippen molar-refractivity contribution in [2.24, 2.45) is 11.8 Å². The van der Waals surface area contributed by atoms with Gasteiger partial charge >= 0.3 is 0 Å². The van der Waals surface area contributed by atoms with Gasteiger partial charge in [0.05, 0.1) is 41.2 Å². The number of likely N-dealkylation sites (tertiary alicyclic amines) is 1. The maximum atomic E-state index is 15.2. The molecule has 2 aliphatic heterocycles. The molecule has 71 heavy (non-hydrogen) atoms. The van der Waals surface area contributed by atoms with Gasteiger partial charge in [-0.1, -0.05) is 29.8 Å². The number of carbonyl (C=O) groups excluding carboxylic acids is 4. The van der Waals surface area contributed by atoms with Gasteiger partial charge in [-0.2, -0.15) is 16.7 Å². The summed E-state index contributed by atoms with van der Waals surface area (Å²) in [4.78, 5) is 75.1. The number of thiazole rings is 1. The number of hydrogen-bond donors (Lipinski definition) is 5. The summed E-state index contributed by atoms with van der Waals surface area (Å²) in [5.41, 5.74) is 4.91. The molecule has 1 unspecified atom stereocenters. The van der Waals surface area contributed by atoms with Crippen molar-refractivity contribution in [2.75, 3.05) is 69.8 Å². The Morgan fingerprint density at radius 2 is 1.76 bits per heavy atom. The number of anilines is 3. The molecule has 4 heterocycles. The van der Waals surface area contributed by atoms with Gasteiger partial charge in [0, 0.05) is 69.6 Å². The standard InChI is InChI=1S/C51H66ClFN10O6S2/c1-30-21-34(42-31(2)57-29-70-42)11-12-36(30)24-55-45(65)40-23-37(64)27-63(40)47(67)43(59-48(68)51(53)15-16-51)50(3,4)71-28-33-9-7-32(8-10-33)26-61-17-19-62(20-18-61)46(66)35-13-14-39(41(22-35)69-6)58-49-56-25-38(52)44(54-5)60-49/h11-14,21-22,25,29,32-33,37,40,43,64H,7-10,15-20,23-24,26-28H2,1-6H3,(H,55,65)(H,59,68)(H2,54,56,58,60)/t32-,33-,37-,40?,43-/m1/s1. The molecule has 8 rings (SSSR count). The molecule has 0 radical (unpaired) electrons. The molecular weight excluding hydrogens is 967 g/mol. The fourth-order valence-electron chi connectivity index (χ4n) is 9.85. The van der Waals surface area contributed by atoms with Crippen LogP contribution in [-0.2, 0) is 20.9 Å². The SMILES string of the molecule is CNc1nc(Nc2ccc(C(=O)N3CCN(C[C@H]4CC[C@H](CSC(C)(C)[C@H](NC(=O)C5(F)CC5)C(=O)N5C[C@H](O)CC5C(=O)NCc5ccc(-c6scnc6C)cc5C)CC4)CC3)cc2OC)ncc1Cl. The summed E-state index contributed by atoms with van der Waals surface area (Å²) in [5, 5.41) is 23.1. The Labute approximate surface area is 428 Å². The van der Waals surface area contributed by atoms with Crippen LogP contribution < -0.4 is 26.0 Å². The minimum Gasteiger partial charge on any atom is -0.495 e. The molecule has 4 aromatic rings. The first-order chi connectivity index (χ1) is 33.9. The number of hydrogen-bond acceptors (Lipinski definition) is 14. The highest BCUT2D eigenvalue weighted by Gasteiger charge is 2.54. The molecule has 4 aliphatic rings. The molecule has 2 saturated carbocycles. The van der Waals surface area contributed by atoms with E-state index < -0.39 is 46.3 Å². The predicted molar refractivity (Wildman–Crippen MR) is 277 cm³/mol. The van der Waals surface area contributed by atoms with Gasteiger partial charge in [0.2, 0.25) is 17.8 Å². The molecule has 16 nitrogen and oxygen atoms in total. The fraction of sp³-hybridized carbons (Fsp3) is 0.549. The lowest BCUT2D eigenvalue weighted by molar-refractivity contribution is -0.143.